The normalized spacial score (nSPS) is 15.7. The maximum absolute atomic E-state index is 5.68. The van der Waals surface area contributed by atoms with Gasteiger partial charge in [0.2, 0.25) is 5.88 Å². The van der Waals surface area contributed by atoms with Crippen LogP contribution >= 0.6 is 43.6 Å². The van der Waals surface area contributed by atoms with Gasteiger partial charge in [-0.25, -0.2) is 4.98 Å². The molecule has 0 spiro atoms. The molecule has 0 aliphatic carbocycles. The van der Waals surface area contributed by atoms with E-state index >= 15 is 0 Å². The van der Waals surface area contributed by atoms with Crippen molar-refractivity contribution in [2.45, 2.75) is 25.7 Å². The number of nitrogens with zero attached hydrogens (tertiary/aromatic N) is 2. The Bertz CT molecular complexity index is 414. The Kier molecular flexibility index (Phi) is 7.70. The average Bonchev–Trinajstić information content (AvgIpc) is 2.93. The lowest BCUT2D eigenvalue weighted by molar-refractivity contribution is 0.287. The van der Waals surface area contributed by atoms with E-state index in [2.05, 4.69) is 41.7 Å². The van der Waals surface area contributed by atoms with Gasteiger partial charge in [-0.1, -0.05) is 12.8 Å². The van der Waals surface area contributed by atoms with Gasteiger partial charge in [-0.2, -0.15) is 0 Å². The van der Waals surface area contributed by atoms with Gasteiger partial charge in [0.05, 0.1) is 11.1 Å². The molecule has 0 atom stereocenters. The Hall–Kier alpha value is 0.220. The number of hydrogen-bond donors (Lipinski definition) is 0. The van der Waals surface area contributed by atoms with E-state index in [1.54, 1.807) is 6.20 Å². The summed E-state index contributed by atoms with van der Waals surface area (Å²) in [7, 11) is 0. The molecule has 1 saturated heterocycles. The van der Waals surface area contributed by atoms with Crippen LogP contribution in [0.25, 0.3) is 0 Å². The minimum atomic E-state index is 0.683. The molecule has 0 aromatic carbocycles. The zero-order chi connectivity index (χ0) is 14.2. The first-order chi connectivity index (χ1) is 9.75. The van der Waals surface area contributed by atoms with Gasteiger partial charge in [-0.3, -0.25) is 4.90 Å². The predicted octanol–water partition coefficient (Wildman–Crippen LogP) is 4.55. The van der Waals surface area contributed by atoms with Crippen LogP contribution in [-0.2, 0) is 0 Å². The Morgan fingerprint density at radius 2 is 2.10 bits per heavy atom. The highest BCUT2D eigenvalue weighted by Gasteiger charge is 2.10. The van der Waals surface area contributed by atoms with Crippen molar-refractivity contribution in [1.82, 2.24) is 9.88 Å². The largest absolute Gasteiger partial charge is 0.477 e. The zero-order valence-electron chi connectivity index (χ0n) is 11.5. The van der Waals surface area contributed by atoms with E-state index in [0.29, 0.717) is 5.88 Å². The SMILES string of the molecule is Brc1cnc(OCCCCCCN2CCSC2)c(Br)c1. The molecule has 6 heteroatoms. The van der Waals surface area contributed by atoms with Crippen molar-refractivity contribution in [2.75, 3.05) is 31.3 Å². The summed E-state index contributed by atoms with van der Waals surface area (Å²) in [4.78, 5) is 6.78. The summed E-state index contributed by atoms with van der Waals surface area (Å²) >= 11 is 8.88. The summed E-state index contributed by atoms with van der Waals surface area (Å²) in [6.07, 6.45) is 6.68. The molecular formula is C14H20Br2N2OS. The Morgan fingerprint density at radius 3 is 2.85 bits per heavy atom. The van der Waals surface area contributed by atoms with E-state index in [0.717, 1.165) is 22.0 Å². The maximum Gasteiger partial charge on any atom is 0.228 e. The van der Waals surface area contributed by atoms with Crippen LogP contribution in [0.15, 0.2) is 21.2 Å². The first-order valence-electron chi connectivity index (χ1n) is 6.99. The lowest BCUT2D eigenvalue weighted by atomic mass is 10.2. The van der Waals surface area contributed by atoms with Gasteiger partial charge in [0.1, 0.15) is 0 Å². The molecule has 1 fully saturated rings. The Morgan fingerprint density at radius 1 is 1.25 bits per heavy atom. The number of thioether (sulfide) groups is 1. The van der Waals surface area contributed by atoms with Gasteiger partial charge in [-0.05, 0) is 57.3 Å². The molecule has 112 valence electrons. The summed E-state index contributed by atoms with van der Waals surface area (Å²) in [6.45, 7) is 3.28. The monoisotopic (exact) mass is 422 g/mol. The fourth-order valence-electron chi connectivity index (χ4n) is 2.10. The van der Waals surface area contributed by atoms with Crippen LogP contribution in [0.1, 0.15) is 25.7 Å². The van der Waals surface area contributed by atoms with Crippen molar-refractivity contribution in [3.8, 4) is 5.88 Å². The van der Waals surface area contributed by atoms with Crippen molar-refractivity contribution >= 4 is 43.6 Å². The molecule has 0 amide bonds. The van der Waals surface area contributed by atoms with Crippen LogP contribution in [0.3, 0.4) is 0 Å². The molecule has 1 aromatic heterocycles. The summed E-state index contributed by atoms with van der Waals surface area (Å²) in [6, 6.07) is 1.95. The molecule has 0 saturated carbocycles. The zero-order valence-corrected chi connectivity index (χ0v) is 15.5. The fourth-order valence-corrected chi connectivity index (χ4v) is 4.23. The number of pyridine rings is 1. The average molecular weight is 424 g/mol. The smallest absolute Gasteiger partial charge is 0.228 e. The van der Waals surface area contributed by atoms with Crippen molar-refractivity contribution in [1.29, 1.82) is 0 Å². The van der Waals surface area contributed by atoms with Gasteiger partial charge in [0, 0.05) is 28.8 Å². The standard InChI is InChI=1S/C14H20Br2N2OS/c15-12-9-13(16)14(17-10-12)19-7-4-2-1-3-5-18-6-8-20-11-18/h9-10H,1-8,11H2. The van der Waals surface area contributed by atoms with Crippen molar-refractivity contribution in [2.24, 2.45) is 0 Å². The molecule has 1 aliphatic heterocycles. The van der Waals surface area contributed by atoms with Crippen molar-refractivity contribution in [3.63, 3.8) is 0 Å². The number of unbranched alkanes of at least 4 members (excludes halogenated alkanes) is 3. The van der Waals surface area contributed by atoms with Crippen LogP contribution in [0.4, 0.5) is 0 Å². The number of hydrogen-bond acceptors (Lipinski definition) is 4. The van der Waals surface area contributed by atoms with Crippen molar-refractivity contribution in [3.05, 3.63) is 21.2 Å². The molecule has 20 heavy (non-hydrogen) atoms. The van der Waals surface area contributed by atoms with E-state index in [1.165, 1.54) is 44.0 Å². The molecule has 0 N–H and O–H groups in total. The second-order valence-corrected chi connectivity index (χ2v) is 7.70. The Balaban J connectivity index is 1.50. The summed E-state index contributed by atoms with van der Waals surface area (Å²) < 4.78 is 7.54. The number of rotatable bonds is 8. The quantitative estimate of drug-likeness (QED) is 0.572. The van der Waals surface area contributed by atoms with Crippen molar-refractivity contribution < 1.29 is 4.74 Å². The third-order valence-corrected chi connectivity index (χ3v) is 5.23. The fraction of sp³-hybridized carbons (Fsp3) is 0.643. The second kappa shape index (κ2) is 9.28. The molecular weight excluding hydrogens is 404 g/mol. The summed E-state index contributed by atoms with van der Waals surface area (Å²) in [5, 5.41) is 0. The third kappa shape index (κ3) is 5.92. The molecule has 1 aromatic rings. The molecule has 3 nitrogen and oxygen atoms in total. The lowest BCUT2D eigenvalue weighted by Gasteiger charge is -2.13. The highest BCUT2D eigenvalue weighted by atomic mass is 79.9. The highest BCUT2D eigenvalue weighted by molar-refractivity contribution is 9.11. The molecule has 2 heterocycles. The van der Waals surface area contributed by atoms with Crippen LogP contribution in [0.5, 0.6) is 5.88 Å². The molecule has 0 radical (unpaired) electrons. The third-order valence-electron chi connectivity index (χ3n) is 3.21. The maximum atomic E-state index is 5.68. The summed E-state index contributed by atoms with van der Waals surface area (Å²) in [5.74, 6) is 3.22. The number of ether oxygens (including phenoxy) is 1. The van der Waals surface area contributed by atoms with Gasteiger partial charge < -0.3 is 4.74 Å². The topological polar surface area (TPSA) is 25.4 Å². The van der Waals surface area contributed by atoms with E-state index in [-0.39, 0.29) is 0 Å². The van der Waals surface area contributed by atoms with E-state index < -0.39 is 0 Å². The molecule has 0 unspecified atom stereocenters. The number of halogens is 2. The van der Waals surface area contributed by atoms with Crippen LogP contribution in [0.2, 0.25) is 0 Å². The minimum Gasteiger partial charge on any atom is -0.477 e. The number of aromatic nitrogens is 1. The van der Waals surface area contributed by atoms with Crippen LogP contribution < -0.4 is 4.74 Å². The highest BCUT2D eigenvalue weighted by Crippen LogP contribution is 2.25. The molecule has 2 rings (SSSR count). The first-order valence-corrected chi connectivity index (χ1v) is 9.74. The summed E-state index contributed by atoms with van der Waals surface area (Å²) in [5.41, 5.74) is 0. The van der Waals surface area contributed by atoms with E-state index in [4.69, 9.17) is 4.74 Å². The van der Waals surface area contributed by atoms with E-state index in [1.807, 2.05) is 17.8 Å². The molecule has 1 aliphatic rings. The van der Waals surface area contributed by atoms with Gasteiger partial charge in [0.25, 0.3) is 0 Å². The minimum absolute atomic E-state index is 0.683. The van der Waals surface area contributed by atoms with Gasteiger partial charge in [0.15, 0.2) is 0 Å². The Labute approximate surface area is 142 Å². The lowest BCUT2D eigenvalue weighted by Crippen LogP contribution is -2.20. The van der Waals surface area contributed by atoms with Crippen LogP contribution in [-0.4, -0.2) is 41.2 Å². The van der Waals surface area contributed by atoms with E-state index in [9.17, 15) is 0 Å². The molecule has 0 bridgehead atoms. The van der Waals surface area contributed by atoms with Crippen LogP contribution in [0, 0.1) is 0 Å². The first kappa shape index (κ1) is 16.6. The van der Waals surface area contributed by atoms with Gasteiger partial charge >= 0.3 is 0 Å². The predicted molar refractivity (Wildman–Crippen MR) is 92.5 cm³/mol. The van der Waals surface area contributed by atoms with Gasteiger partial charge in [-0.15, -0.1) is 11.8 Å². The second-order valence-electron chi connectivity index (χ2n) is 4.86.